The van der Waals surface area contributed by atoms with Crippen molar-refractivity contribution in [1.29, 1.82) is 0 Å². The number of rotatable bonds is 3. The number of methoxy groups -OCH3 is 2. The number of aromatic nitrogens is 2. The number of carbonyl (C=O) groups is 1. The molecule has 0 atom stereocenters. The first-order valence-electron chi connectivity index (χ1n) is 8.74. The molecule has 1 aliphatic heterocycles. The first-order chi connectivity index (χ1) is 13.0. The summed E-state index contributed by atoms with van der Waals surface area (Å²) in [6, 6.07) is 9.37. The number of ether oxygens (including phenoxy) is 2. The van der Waals surface area contributed by atoms with E-state index in [-0.39, 0.29) is 0 Å². The fraction of sp³-hybridized carbons (Fsp3) is 0.300. The quantitative estimate of drug-likeness (QED) is 0.628. The number of carbonyl (C=O) groups excluding carboxylic acids is 1. The number of hydrogen-bond acceptors (Lipinski definition) is 5. The molecule has 140 valence electrons. The lowest BCUT2D eigenvalue weighted by molar-refractivity contribution is 0.0602. The van der Waals surface area contributed by atoms with Crippen molar-refractivity contribution >= 4 is 40.2 Å². The van der Waals surface area contributed by atoms with Crippen LogP contribution < -0.4 is 9.64 Å². The highest BCUT2D eigenvalue weighted by atomic mass is 35.5. The number of fused-ring (bicyclic) bond motifs is 3. The summed E-state index contributed by atoms with van der Waals surface area (Å²) in [5.41, 5.74) is 3.97. The second-order valence-electron chi connectivity index (χ2n) is 6.50. The Morgan fingerprint density at radius 2 is 2.00 bits per heavy atom. The van der Waals surface area contributed by atoms with Gasteiger partial charge in [0.15, 0.2) is 0 Å². The number of aryl methyl sites for hydroxylation is 2. The van der Waals surface area contributed by atoms with Crippen LogP contribution in [0.1, 0.15) is 22.3 Å². The van der Waals surface area contributed by atoms with E-state index in [9.17, 15) is 4.79 Å². The fourth-order valence-electron chi connectivity index (χ4n) is 3.66. The van der Waals surface area contributed by atoms with Crippen molar-refractivity contribution in [3.05, 3.63) is 46.5 Å². The molecule has 0 spiro atoms. The Bertz CT molecular complexity index is 1040. The van der Waals surface area contributed by atoms with Crippen LogP contribution >= 0.6 is 11.6 Å². The molecule has 0 radical (unpaired) electrons. The van der Waals surface area contributed by atoms with Gasteiger partial charge >= 0.3 is 5.97 Å². The zero-order chi connectivity index (χ0) is 19.1. The minimum atomic E-state index is -0.392. The number of esters is 1. The van der Waals surface area contributed by atoms with E-state index in [2.05, 4.69) is 9.47 Å². The summed E-state index contributed by atoms with van der Waals surface area (Å²) < 4.78 is 12.3. The smallest absolute Gasteiger partial charge is 0.340 e. The summed E-state index contributed by atoms with van der Waals surface area (Å²) in [4.78, 5) is 19.2. The summed E-state index contributed by atoms with van der Waals surface area (Å²) >= 11 is 6.40. The number of hydrogen-bond donors (Lipinski definition) is 0. The maximum Gasteiger partial charge on any atom is 0.340 e. The van der Waals surface area contributed by atoms with Gasteiger partial charge in [-0.15, -0.1) is 0 Å². The predicted molar refractivity (Wildman–Crippen MR) is 105 cm³/mol. The highest BCUT2D eigenvalue weighted by Gasteiger charge is 2.27. The normalized spacial score (nSPS) is 13.6. The van der Waals surface area contributed by atoms with Gasteiger partial charge in [0.1, 0.15) is 11.3 Å². The average Bonchev–Trinajstić information content (AvgIpc) is 3.08. The molecular formula is C20H20ClN3O3. The molecule has 1 aliphatic rings. The maximum atomic E-state index is 12.3. The van der Waals surface area contributed by atoms with Crippen molar-refractivity contribution in [2.24, 2.45) is 0 Å². The summed E-state index contributed by atoms with van der Waals surface area (Å²) in [5.74, 6) is 1.21. The number of halogens is 1. The van der Waals surface area contributed by atoms with Gasteiger partial charge in [-0.1, -0.05) is 11.6 Å². The highest BCUT2D eigenvalue weighted by Crippen LogP contribution is 2.38. The summed E-state index contributed by atoms with van der Waals surface area (Å²) in [6.07, 6.45) is 0.928. The van der Waals surface area contributed by atoms with E-state index < -0.39 is 5.97 Å². The van der Waals surface area contributed by atoms with Crippen LogP contribution in [0.15, 0.2) is 30.3 Å². The van der Waals surface area contributed by atoms with Gasteiger partial charge in [-0.3, -0.25) is 0 Å². The minimum absolute atomic E-state index is 0.392. The predicted octanol–water partition coefficient (Wildman–Crippen LogP) is 4.34. The van der Waals surface area contributed by atoms with Crippen LogP contribution in [0, 0.1) is 6.92 Å². The summed E-state index contributed by atoms with van der Waals surface area (Å²) in [7, 11) is 3.04. The van der Waals surface area contributed by atoms with Crippen LogP contribution in [-0.2, 0) is 11.3 Å². The molecule has 0 N–H and O–H groups in total. The van der Waals surface area contributed by atoms with Crippen molar-refractivity contribution in [3.63, 3.8) is 0 Å². The number of nitrogens with zero attached hydrogens (tertiary/aromatic N) is 3. The van der Waals surface area contributed by atoms with Crippen LogP contribution in [0.25, 0.3) is 11.0 Å². The van der Waals surface area contributed by atoms with E-state index in [0.717, 1.165) is 48.0 Å². The first-order valence-corrected chi connectivity index (χ1v) is 9.12. The second-order valence-corrected chi connectivity index (χ2v) is 6.91. The summed E-state index contributed by atoms with van der Waals surface area (Å²) in [5, 5.41) is 0.519. The number of benzene rings is 2. The molecule has 2 aromatic carbocycles. The Kier molecular flexibility index (Phi) is 4.44. The third kappa shape index (κ3) is 2.80. The Labute approximate surface area is 162 Å². The molecule has 0 bridgehead atoms. The highest BCUT2D eigenvalue weighted by molar-refractivity contribution is 6.35. The molecule has 0 saturated heterocycles. The van der Waals surface area contributed by atoms with Gasteiger partial charge in [0.05, 0.1) is 30.3 Å². The van der Waals surface area contributed by atoms with Gasteiger partial charge in [-0.2, -0.15) is 0 Å². The summed E-state index contributed by atoms with van der Waals surface area (Å²) in [6.45, 7) is 3.65. The van der Waals surface area contributed by atoms with Gasteiger partial charge in [-0.25, -0.2) is 9.78 Å². The van der Waals surface area contributed by atoms with Crippen LogP contribution in [0.3, 0.4) is 0 Å². The molecule has 0 amide bonds. The van der Waals surface area contributed by atoms with Crippen LogP contribution in [0.2, 0.25) is 5.02 Å². The van der Waals surface area contributed by atoms with Gasteiger partial charge in [-0.05, 0) is 49.2 Å². The molecule has 1 aromatic heterocycles. The topological polar surface area (TPSA) is 56.6 Å². The van der Waals surface area contributed by atoms with Gasteiger partial charge in [0, 0.05) is 18.8 Å². The third-order valence-corrected chi connectivity index (χ3v) is 5.24. The third-order valence-electron chi connectivity index (χ3n) is 4.93. The maximum absolute atomic E-state index is 12.3. The zero-order valence-electron chi connectivity index (χ0n) is 15.5. The molecule has 0 aliphatic carbocycles. The van der Waals surface area contributed by atoms with Crippen LogP contribution in [0.5, 0.6) is 5.75 Å². The SMILES string of the molecule is COC(=O)c1ccc(Cl)c2nc3n(c12)CCCN3c1ccc(OC)cc1C. The van der Waals surface area contributed by atoms with Gasteiger partial charge in [0.25, 0.3) is 0 Å². The van der Waals surface area contributed by atoms with Crippen molar-refractivity contribution < 1.29 is 14.3 Å². The lowest BCUT2D eigenvalue weighted by Gasteiger charge is -2.30. The van der Waals surface area contributed by atoms with Gasteiger partial charge < -0.3 is 18.9 Å². The average molecular weight is 386 g/mol. The zero-order valence-corrected chi connectivity index (χ0v) is 16.2. The van der Waals surface area contributed by atoms with E-state index in [4.69, 9.17) is 26.1 Å². The molecule has 2 heterocycles. The monoisotopic (exact) mass is 385 g/mol. The van der Waals surface area contributed by atoms with Crippen molar-refractivity contribution in [2.75, 3.05) is 25.7 Å². The van der Waals surface area contributed by atoms with Crippen LogP contribution in [-0.4, -0.2) is 36.3 Å². The van der Waals surface area contributed by atoms with E-state index in [1.165, 1.54) is 7.11 Å². The van der Waals surface area contributed by atoms with E-state index in [1.807, 2.05) is 25.1 Å². The van der Waals surface area contributed by atoms with Gasteiger partial charge in [0.2, 0.25) is 5.95 Å². The molecule has 0 saturated carbocycles. The fourth-order valence-corrected chi connectivity index (χ4v) is 3.86. The number of imidazole rings is 1. The Hall–Kier alpha value is -2.73. The minimum Gasteiger partial charge on any atom is -0.497 e. The van der Waals surface area contributed by atoms with Crippen molar-refractivity contribution in [1.82, 2.24) is 9.55 Å². The Morgan fingerprint density at radius 3 is 2.70 bits per heavy atom. The van der Waals surface area contributed by atoms with E-state index >= 15 is 0 Å². The molecule has 4 rings (SSSR count). The second kappa shape index (κ2) is 6.78. The molecule has 3 aromatic rings. The first kappa shape index (κ1) is 17.7. The Balaban J connectivity index is 1.92. The molecule has 0 fully saturated rings. The molecule has 0 unspecified atom stereocenters. The van der Waals surface area contributed by atoms with E-state index in [0.29, 0.717) is 16.1 Å². The van der Waals surface area contributed by atoms with Crippen molar-refractivity contribution in [3.8, 4) is 5.75 Å². The lowest BCUT2D eigenvalue weighted by Crippen LogP contribution is -2.29. The number of anilines is 2. The Morgan fingerprint density at radius 1 is 1.19 bits per heavy atom. The largest absolute Gasteiger partial charge is 0.497 e. The lowest BCUT2D eigenvalue weighted by atomic mass is 10.1. The molecular weight excluding hydrogens is 366 g/mol. The van der Waals surface area contributed by atoms with Crippen LogP contribution in [0.4, 0.5) is 11.6 Å². The molecule has 7 heteroatoms. The standard InChI is InChI=1S/C20H20ClN3O3/c1-12-11-13(26-2)5-8-16(12)23-9-4-10-24-18-14(19(25)27-3)6-7-15(21)17(18)22-20(23)24/h5-8,11H,4,9-10H2,1-3H3. The molecule has 6 nitrogen and oxygen atoms in total. The molecule has 27 heavy (non-hydrogen) atoms. The van der Waals surface area contributed by atoms with E-state index in [1.54, 1.807) is 19.2 Å². The van der Waals surface area contributed by atoms with Crippen molar-refractivity contribution in [2.45, 2.75) is 19.9 Å².